The van der Waals surface area contributed by atoms with Crippen LogP contribution in [0.15, 0.2) is 53.4 Å². The lowest BCUT2D eigenvalue weighted by atomic mass is 10.1. The first-order chi connectivity index (χ1) is 12.8. The zero-order valence-electron chi connectivity index (χ0n) is 14.7. The summed E-state index contributed by atoms with van der Waals surface area (Å²) in [6.45, 7) is 2.43. The van der Waals surface area contributed by atoms with E-state index in [0.29, 0.717) is 18.1 Å². The van der Waals surface area contributed by atoms with Gasteiger partial charge >= 0.3 is 6.03 Å². The number of rotatable bonds is 5. The Balaban J connectivity index is 1.49. The third kappa shape index (κ3) is 4.89. The second kappa shape index (κ2) is 7.85. The van der Waals surface area contributed by atoms with Gasteiger partial charge in [-0.05, 0) is 36.8 Å². The van der Waals surface area contributed by atoms with E-state index in [0.717, 1.165) is 5.56 Å². The highest BCUT2D eigenvalue weighted by atomic mass is 32.2. The second-order valence-electron chi connectivity index (χ2n) is 6.19. The number of hydrogen-bond donors (Lipinski definition) is 3. The Morgan fingerprint density at radius 3 is 2.52 bits per heavy atom. The minimum atomic E-state index is -3.74. The normalized spacial score (nSPS) is 17.0. The average Bonchev–Trinajstić information content (AvgIpc) is 2.65. The fourth-order valence-electron chi connectivity index (χ4n) is 2.65. The number of primary sulfonamides is 1. The highest BCUT2D eigenvalue weighted by molar-refractivity contribution is 7.89. The van der Waals surface area contributed by atoms with Gasteiger partial charge in [0.15, 0.2) is 17.6 Å². The molecule has 0 radical (unpaired) electrons. The van der Waals surface area contributed by atoms with Crippen LogP contribution in [-0.2, 0) is 10.0 Å². The van der Waals surface area contributed by atoms with Gasteiger partial charge < -0.3 is 20.1 Å². The van der Waals surface area contributed by atoms with Crippen molar-refractivity contribution < 1.29 is 22.7 Å². The number of nitrogens with one attached hydrogen (secondary N) is 2. The Morgan fingerprint density at radius 2 is 1.85 bits per heavy atom. The molecule has 27 heavy (non-hydrogen) atoms. The van der Waals surface area contributed by atoms with E-state index >= 15 is 0 Å². The van der Waals surface area contributed by atoms with Crippen molar-refractivity contribution in [2.75, 3.05) is 13.2 Å². The maximum absolute atomic E-state index is 12.1. The lowest BCUT2D eigenvalue weighted by molar-refractivity contribution is 0.0917. The topological polar surface area (TPSA) is 120 Å². The van der Waals surface area contributed by atoms with Gasteiger partial charge in [-0.15, -0.1) is 0 Å². The maximum Gasteiger partial charge on any atom is 0.315 e. The van der Waals surface area contributed by atoms with Crippen molar-refractivity contribution in [2.24, 2.45) is 5.14 Å². The molecule has 1 aliphatic heterocycles. The maximum atomic E-state index is 12.1. The molecule has 4 N–H and O–H groups in total. The fourth-order valence-corrected chi connectivity index (χ4v) is 3.16. The van der Waals surface area contributed by atoms with Crippen LogP contribution in [0, 0.1) is 0 Å². The number of urea groups is 1. The van der Waals surface area contributed by atoms with Gasteiger partial charge in [0, 0.05) is 0 Å². The van der Waals surface area contributed by atoms with Crippen LogP contribution < -0.4 is 25.2 Å². The summed E-state index contributed by atoms with van der Waals surface area (Å²) in [7, 11) is -3.74. The van der Waals surface area contributed by atoms with Gasteiger partial charge in [-0.1, -0.05) is 24.3 Å². The third-order valence-corrected chi connectivity index (χ3v) is 5.04. The van der Waals surface area contributed by atoms with Crippen LogP contribution in [0.3, 0.4) is 0 Å². The molecule has 0 saturated carbocycles. The van der Waals surface area contributed by atoms with Gasteiger partial charge in [-0.2, -0.15) is 0 Å². The molecule has 8 nitrogen and oxygen atoms in total. The Labute approximate surface area is 157 Å². The Hall–Kier alpha value is -2.78. The van der Waals surface area contributed by atoms with Crippen molar-refractivity contribution in [1.82, 2.24) is 10.6 Å². The van der Waals surface area contributed by atoms with Crippen molar-refractivity contribution in [1.29, 1.82) is 0 Å². The minimum absolute atomic E-state index is 0.0256. The van der Waals surface area contributed by atoms with Crippen LogP contribution in [-0.4, -0.2) is 33.7 Å². The summed E-state index contributed by atoms with van der Waals surface area (Å²) in [5, 5.41) is 10.6. The number of hydrogen-bond acceptors (Lipinski definition) is 5. The van der Waals surface area contributed by atoms with E-state index in [1.165, 1.54) is 12.1 Å². The molecule has 0 bridgehead atoms. The van der Waals surface area contributed by atoms with E-state index in [-0.39, 0.29) is 29.6 Å². The first kappa shape index (κ1) is 19.0. The highest BCUT2D eigenvalue weighted by Crippen LogP contribution is 2.30. The van der Waals surface area contributed by atoms with Crippen molar-refractivity contribution >= 4 is 16.1 Å². The lowest BCUT2D eigenvalue weighted by Crippen LogP contribution is -2.45. The number of benzene rings is 2. The predicted octanol–water partition coefficient (Wildman–Crippen LogP) is 1.53. The van der Waals surface area contributed by atoms with E-state index in [9.17, 15) is 13.2 Å². The zero-order valence-corrected chi connectivity index (χ0v) is 15.5. The first-order valence-corrected chi connectivity index (χ1v) is 9.93. The smallest absolute Gasteiger partial charge is 0.315 e. The van der Waals surface area contributed by atoms with Gasteiger partial charge in [0.2, 0.25) is 10.0 Å². The summed E-state index contributed by atoms with van der Waals surface area (Å²) in [5.74, 6) is 1.34. The molecule has 3 rings (SSSR count). The lowest BCUT2D eigenvalue weighted by Gasteiger charge is -2.26. The summed E-state index contributed by atoms with van der Waals surface area (Å²) in [4.78, 5) is 12.1. The quantitative estimate of drug-likeness (QED) is 0.714. The third-order valence-electron chi connectivity index (χ3n) is 4.11. The number of nitrogens with two attached hydrogens (primary N) is 1. The number of sulfonamides is 1. The monoisotopic (exact) mass is 391 g/mol. The largest absolute Gasteiger partial charge is 0.486 e. The zero-order chi connectivity index (χ0) is 19.4. The van der Waals surface area contributed by atoms with Gasteiger partial charge in [-0.25, -0.2) is 18.4 Å². The van der Waals surface area contributed by atoms with E-state index in [2.05, 4.69) is 10.6 Å². The second-order valence-corrected chi connectivity index (χ2v) is 7.75. The minimum Gasteiger partial charge on any atom is -0.486 e. The summed E-state index contributed by atoms with van der Waals surface area (Å²) in [6.07, 6.45) is -0.282. The number of amides is 2. The molecule has 1 heterocycles. The Morgan fingerprint density at radius 1 is 1.19 bits per heavy atom. The van der Waals surface area contributed by atoms with Crippen LogP contribution >= 0.6 is 0 Å². The molecular weight excluding hydrogens is 370 g/mol. The fraction of sp³-hybridized carbons (Fsp3) is 0.278. The SMILES string of the molecule is C[C@H](NC(=O)NC[C@@H]1COc2ccccc2O1)c1ccc(S(N)(=O)=O)cc1. The number of fused-ring (bicyclic) bond motifs is 1. The Kier molecular flexibility index (Phi) is 5.52. The van der Waals surface area contributed by atoms with E-state index in [4.69, 9.17) is 14.6 Å². The van der Waals surface area contributed by atoms with Crippen LogP contribution in [0.1, 0.15) is 18.5 Å². The number of carbonyl (C=O) groups is 1. The molecule has 9 heteroatoms. The molecule has 2 aromatic carbocycles. The van der Waals surface area contributed by atoms with E-state index in [1.54, 1.807) is 19.1 Å². The molecule has 2 atom stereocenters. The van der Waals surface area contributed by atoms with Gasteiger partial charge in [0.25, 0.3) is 0 Å². The molecule has 0 spiro atoms. The standard InChI is InChI=1S/C18H21N3O5S/c1-12(13-6-8-15(9-7-13)27(19,23)24)21-18(22)20-10-14-11-25-16-4-2-3-5-17(16)26-14/h2-9,12,14H,10-11H2,1H3,(H2,19,23,24)(H2,20,21,22)/t12-,14+/m0/s1. The molecular formula is C18H21N3O5S. The molecule has 2 aromatic rings. The Bertz CT molecular complexity index is 915. The van der Waals surface area contributed by atoms with E-state index < -0.39 is 10.0 Å². The molecule has 0 aromatic heterocycles. The van der Waals surface area contributed by atoms with Crippen molar-refractivity contribution in [3.63, 3.8) is 0 Å². The van der Waals surface area contributed by atoms with Gasteiger partial charge in [0.1, 0.15) is 6.61 Å². The van der Waals surface area contributed by atoms with Crippen molar-refractivity contribution in [3.05, 3.63) is 54.1 Å². The molecule has 144 valence electrons. The molecule has 1 aliphatic rings. The molecule has 0 aliphatic carbocycles. The summed E-state index contributed by atoms with van der Waals surface area (Å²) in [5.41, 5.74) is 0.753. The first-order valence-electron chi connectivity index (χ1n) is 8.38. The molecule has 2 amide bonds. The van der Waals surface area contributed by atoms with Crippen LogP contribution in [0.5, 0.6) is 11.5 Å². The number of carbonyl (C=O) groups excluding carboxylic acids is 1. The number of ether oxygens (including phenoxy) is 2. The molecule has 0 fully saturated rings. The molecule has 0 saturated heterocycles. The summed E-state index contributed by atoms with van der Waals surface area (Å²) in [6, 6.07) is 12.7. The summed E-state index contributed by atoms with van der Waals surface area (Å²) >= 11 is 0. The van der Waals surface area contributed by atoms with Gasteiger partial charge in [-0.3, -0.25) is 0 Å². The van der Waals surface area contributed by atoms with E-state index in [1.807, 2.05) is 24.3 Å². The van der Waals surface area contributed by atoms with Crippen LogP contribution in [0.4, 0.5) is 4.79 Å². The number of para-hydroxylation sites is 2. The highest BCUT2D eigenvalue weighted by Gasteiger charge is 2.21. The van der Waals surface area contributed by atoms with Crippen molar-refractivity contribution in [2.45, 2.75) is 24.0 Å². The molecule has 0 unspecified atom stereocenters. The average molecular weight is 391 g/mol. The summed E-state index contributed by atoms with van der Waals surface area (Å²) < 4.78 is 33.9. The van der Waals surface area contributed by atoms with Crippen LogP contribution in [0.25, 0.3) is 0 Å². The van der Waals surface area contributed by atoms with Crippen molar-refractivity contribution in [3.8, 4) is 11.5 Å². The van der Waals surface area contributed by atoms with Crippen LogP contribution in [0.2, 0.25) is 0 Å². The van der Waals surface area contributed by atoms with Gasteiger partial charge in [0.05, 0.1) is 17.5 Å². The predicted molar refractivity (Wildman–Crippen MR) is 99.1 cm³/mol.